The van der Waals surface area contributed by atoms with E-state index in [-0.39, 0.29) is 0 Å². The SMILES string of the molecule is Cc1cc(CC2CN(C)C2)ncn1. The molecular formula is C10H15N3. The Morgan fingerprint density at radius 1 is 1.46 bits per heavy atom. The van der Waals surface area contributed by atoms with E-state index in [0.717, 1.165) is 18.0 Å². The Morgan fingerprint density at radius 3 is 2.85 bits per heavy atom. The number of nitrogens with zero attached hydrogens (tertiary/aromatic N) is 3. The lowest BCUT2D eigenvalue weighted by Crippen LogP contribution is -2.44. The summed E-state index contributed by atoms with van der Waals surface area (Å²) in [5, 5.41) is 0. The molecule has 3 nitrogen and oxygen atoms in total. The van der Waals surface area contributed by atoms with Crippen LogP contribution in [-0.4, -0.2) is 35.0 Å². The maximum Gasteiger partial charge on any atom is 0.115 e. The lowest BCUT2D eigenvalue weighted by molar-refractivity contribution is 0.134. The zero-order valence-corrected chi connectivity index (χ0v) is 8.20. The second-order valence-corrected chi connectivity index (χ2v) is 3.94. The van der Waals surface area contributed by atoms with Crippen LogP contribution in [0, 0.1) is 12.8 Å². The van der Waals surface area contributed by atoms with E-state index in [1.54, 1.807) is 6.33 Å². The van der Waals surface area contributed by atoms with Crippen LogP contribution in [0.3, 0.4) is 0 Å². The van der Waals surface area contributed by atoms with Crippen LogP contribution >= 0.6 is 0 Å². The highest BCUT2D eigenvalue weighted by Gasteiger charge is 2.23. The topological polar surface area (TPSA) is 29.0 Å². The molecule has 1 fully saturated rings. The number of aromatic nitrogens is 2. The molecule has 1 saturated heterocycles. The molecule has 1 aliphatic rings. The van der Waals surface area contributed by atoms with Gasteiger partial charge in [0.1, 0.15) is 6.33 Å². The minimum absolute atomic E-state index is 0.805. The van der Waals surface area contributed by atoms with Crippen molar-refractivity contribution in [2.24, 2.45) is 5.92 Å². The Kier molecular flexibility index (Phi) is 2.27. The largest absolute Gasteiger partial charge is 0.306 e. The molecule has 1 aromatic heterocycles. The zero-order valence-electron chi connectivity index (χ0n) is 8.20. The van der Waals surface area contributed by atoms with Gasteiger partial charge in [0.05, 0.1) is 0 Å². The van der Waals surface area contributed by atoms with Crippen LogP contribution < -0.4 is 0 Å². The van der Waals surface area contributed by atoms with Crippen molar-refractivity contribution in [2.75, 3.05) is 20.1 Å². The van der Waals surface area contributed by atoms with Crippen molar-refractivity contribution in [1.82, 2.24) is 14.9 Å². The summed E-state index contributed by atoms with van der Waals surface area (Å²) in [5.41, 5.74) is 2.25. The second kappa shape index (κ2) is 3.42. The maximum atomic E-state index is 4.26. The second-order valence-electron chi connectivity index (χ2n) is 3.94. The Bertz CT molecular complexity index is 292. The van der Waals surface area contributed by atoms with Crippen molar-refractivity contribution in [3.63, 3.8) is 0 Å². The number of hydrogen-bond acceptors (Lipinski definition) is 3. The van der Waals surface area contributed by atoms with Gasteiger partial charge in [-0.25, -0.2) is 9.97 Å². The van der Waals surface area contributed by atoms with Gasteiger partial charge in [-0.2, -0.15) is 0 Å². The van der Waals surface area contributed by atoms with Gasteiger partial charge >= 0.3 is 0 Å². The minimum atomic E-state index is 0.805. The summed E-state index contributed by atoms with van der Waals surface area (Å²) in [6, 6.07) is 2.08. The van der Waals surface area contributed by atoms with Crippen LogP contribution in [0.25, 0.3) is 0 Å². The summed E-state index contributed by atoms with van der Waals surface area (Å²) in [6.45, 7) is 4.43. The van der Waals surface area contributed by atoms with Crippen molar-refractivity contribution >= 4 is 0 Å². The van der Waals surface area contributed by atoms with E-state index < -0.39 is 0 Å². The van der Waals surface area contributed by atoms with Gasteiger partial charge in [-0.05, 0) is 32.4 Å². The molecule has 0 amide bonds. The first-order chi connectivity index (χ1) is 6.24. The van der Waals surface area contributed by atoms with Crippen molar-refractivity contribution in [3.05, 3.63) is 23.8 Å². The summed E-state index contributed by atoms with van der Waals surface area (Å²) in [6.07, 6.45) is 2.76. The van der Waals surface area contributed by atoms with Gasteiger partial charge in [-0.15, -0.1) is 0 Å². The molecule has 0 radical (unpaired) electrons. The quantitative estimate of drug-likeness (QED) is 0.671. The molecule has 0 unspecified atom stereocenters. The first-order valence-electron chi connectivity index (χ1n) is 4.70. The summed E-state index contributed by atoms with van der Waals surface area (Å²) < 4.78 is 0. The third-order valence-corrected chi connectivity index (χ3v) is 2.50. The molecule has 0 atom stereocenters. The van der Waals surface area contributed by atoms with E-state index >= 15 is 0 Å². The Labute approximate surface area is 78.8 Å². The third kappa shape index (κ3) is 2.04. The molecule has 1 aliphatic heterocycles. The zero-order chi connectivity index (χ0) is 9.26. The van der Waals surface area contributed by atoms with Crippen molar-refractivity contribution in [3.8, 4) is 0 Å². The van der Waals surface area contributed by atoms with E-state index in [9.17, 15) is 0 Å². The minimum Gasteiger partial charge on any atom is -0.306 e. The predicted molar refractivity (Wildman–Crippen MR) is 51.5 cm³/mol. The predicted octanol–water partition coefficient (Wildman–Crippen LogP) is 0.889. The van der Waals surface area contributed by atoms with Gasteiger partial charge in [0.15, 0.2) is 0 Å². The first-order valence-corrected chi connectivity index (χ1v) is 4.70. The fourth-order valence-electron chi connectivity index (χ4n) is 1.87. The van der Waals surface area contributed by atoms with Crippen LogP contribution in [0.2, 0.25) is 0 Å². The summed E-state index contributed by atoms with van der Waals surface area (Å²) >= 11 is 0. The summed E-state index contributed by atoms with van der Waals surface area (Å²) in [7, 11) is 2.15. The van der Waals surface area contributed by atoms with Gasteiger partial charge in [0, 0.05) is 24.5 Å². The molecule has 0 saturated carbocycles. The van der Waals surface area contributed by atoms with Gasteiger partial charge in [-0.1, -0.05) is 0 Å². The monoisotopic (exact) mass is 177 g/mol. The molecule has 3 heteroatoms. The number of rotatable bonds is 2. The van der Waals surface area contributed by atoms with Crippen LogP contribution in [0.5, 0.6) is 0 Å². The van der Waals surface area contributed by atoms with E-state index in [0.29, 0.717) is 0 Å². The van der Waals surface area contributed by atoms with Gasteiger partial charge in [0.25, 0.3) is 0 Å². The summed E-state index contributed by atoms with van der Waals surface area (Å²) in [4.78, 5) is 10.7. The fourth-order valence-corrected chi connectivity index (χ4v) is 1.87. The lowest BCUT2D eigenvalue weighted by Gasteiger charge is -2.36. The van der Waals surface area contributed by atoms with Crippen LogP contribution in [0.15, 0.2) is 12.4 Å². The smallest absolute Gasteiger partial charge is 0.115 e. The van der Waals surface area contributed by atoms with E-state index in [1.165, 1.54) is 18.8 Å². The standard InChI is InChI=1S/C10H15N3/c1-8-3-10(12-7-11-8)4-9-5-13(2)6-9/h3,7,9H,4-6H2,1-2H3. The van der Waals surface area contributed by atoms with Crippen molar-refractivity contribution in [2.45, 2.75) is 13.3 Å². The van der Waals surface area contributed by atoms with E-state index in [1.807, 2.05) is 6.92 Å². The number of aryl methyl sites for hydroxylation is 1. The molecule has 2 heterocycles. The van der Waals surface area contributed by atoms with Crippen LogP contribution in [-0.2, 0) is 6.42 Å². The molecule has 1 aromatic rings. The molecule has 2 rings (SSSR count). The molecule has 0 aromatic carbocycles. The van der Waals surface area contributed by atoms with Crippen LogP contribution in [0.4, 0.5) is 0 Å². The Hall–Kier alpha value is -0.960. The Morgan fingerprint density at radius 2 is 2.23 bits per heavy atom. The number of hydrogen-bond donors (Lipinski definition) is 0. The average Bonchev–Trinajstić information content (AvgIpc) is 2.01. The van der Waals surface area contributed by atoms with Crippen LogP contribution in [0.1, 0.15) is 11.4 Å². The molecule has 0 N–H and O–H groups in total. The molecule has 0 aliphatic carbocycles. The maximum absolute atomic E-state index is 4.26. The van der Waals surface area contributed by atoms with Gasteiger partial charge in [-0.3, -0.25) is 0 Å². The molecule has 13 heavy (non-hydrogen) atoms. The third-order valence-electron chi connectivity index (χ3n) is 2.50. The Balaban J connectivity index is 1.94. The normalized spacial score (nSPS) is 18.6. The van der Waals surface area contributed by atoms with Gasteiger partial charge in [0.2, 0.25) is 0 Å². The van der Waals surface area contributed by atoms with Crippen molar-refractivity contribution in [1.29, 1.82) is 0 Å². The molecule has 0 bridgehead atoms. The van der Waals surface area contributed by atoms with E-state index in [2.05, 4.69) is 28.0 Å². The highest BCUT2D eigenvalue weighted by Crippen LogP contribution is 2.17. The van der Waals surface area contributed by atoms with Gasteiger partial charge < -0.3 is 4.90 Å². The summed E-state index contributed by atoms with van der Waals surface area (Å²) in [5.74, 6) is 0.805. The fraction of sp³-hybridized carbons (Fsp3) is 0.600. The first kappa shape index (κ1) is 8.63. The average molecular weight is 177 g/mol. The lowest BCUT2D eigenvalue weighted by atomic mass is 9.95. The molecule has 70 valence electrons. The van der Waals surface area contributed by atoms with E-state index in [4.69, 9.17) is 0 Å². The van der Waals surface area contributed by atoms with Crippen molar-refractivity contribution < 1.29 is 0 Å². The molecular weight excluding hydrogens is 162 g/mol. The highest BCUT2D eigenvalue weighted by atomic mass is 15.2. The number of likely N-dealkylation sites (tertiary alicyclic amines) is 1. The molecule has 0 spiro atoms. The highest BCUT2D eigenvalue weighted by molar-refractivity contribution is 5.08.